The summed E-state index contributed by atoms with van der Waals surface area (Å²) in [5.41, 5.74) is 0. The normalized spacial score (nSPS) is 14.8. The smallest absolute Gasteiger partial charge is 0.462 e. The molecule has 0 spiro atoms. The first kappa shape index (κ1) is 52.7. The first-order valence-electron chi connectivity index (χ1n) is 21.0. The summed E-state index contributed by atoms with van der Waals surface area (Å²) in [7, 11) is 1.41. The highest BCUT2D eigenvalue weighted by molar-refractivity contribution is 7.47. The van der Waals surface area contributed by atoms with Gasteiger partial charge in [0.15, 0.2) is 6.10 Å². The third-order valence-corrected chi connectivity index (χ3v) is 9.52. The Bertz CT molecular complexity index is 1140. The standard InChI is InChI=1S/C44H78NO9P/c1-6-7-8-9-10-11-12-16-20-23-26-29-32-35-43(47)51-39-42(40-53-55(49,50)52-38-37-45(3,4)5)54-44(48)36-33-30-27-24-21-18-15-13-14-17-19-22-25-28-31-34-41(2)46/h11-12,14-15,17-18,22,24-25,27,41-42,46H,6-10,13,16,19-21,23,26,28-40H2,1-5H3/p+1/b12-11-,17-14-,18-15-,25-22-,27-24-/t41-,42+/m0/s1. The number of phosphoric ester groups is 1. The summed E-state index contributed by atoms with van der Waals surface area (Å²) in [6.07, 6.45) is 39.8. The van der Waals surface area contributed by atoms with Gasteiger partial charge in [-0.05, 0) is 90.4 Å². The van der Waals surface area contributed by atoms with Gasteiger partial charge in [0, 0.05) is 12.8 Å². The molecule has 3 atom stereocenters. The summed E-state index contributed by atoms with van der Waals surface area (Å²) in [5.74, 6) is -0.897. The monoisotopic (exact) mass is 797 g/mol. The van der Waals surface area contributed by atoms with Crippen LogP contribution in [0, 0.1) is 0 Å². The van der Waals surface area contributed by atoms with Crippen molar-refractivity contribution in [2.45, 2.75) is 161 Å². The summed E-state index contributed by atoms with van der Waals surface area (Å²) < 4.78 is 34.1. The van der Waals surface area contributed by atoms with E-state index in [1.165, 1.54) is 32.1 Å². The zero-order chi connectivity index (χ0) is 40.9. The highest BCUT2D eigenvalue weighted by Gasteiger charge is 2.27. The predicted octanol–water partition coefficient (Wildman–Crippen LogP) is 10.7. The molecule has 0 heterocycles. The fraction of sp³-hybridized carbons (Fsp3) is 0.727. The first-order chi connectivity index (χ1) is 26.3. The summed E-state index contributed by atoms with van der Waals surface area (Å²) in [6, 6.07) is 0. The van der Waals surface area contributed by atoms with E-state index in [2.05, 4.69) is 61.6 Å². The third kappa shape index (κ3) is 41.1. The number of aliphatic hydroxyl groups is 1. The van der Waals surface area contributed by atoms with Crippen LogP contribution in [0.4, 0.5) is 0 Å². The number of carbonyl (C=O) groups is 2. The average molecular weight is 797 g/mol. The van der Waals surface area contributed by atoms with Crippen molar-refractivity contribution in [1.29, 1.82) is 0 Å². The second-order valence-corrected chi connectivity index (χ2v) is 16.8. The van der Waals surface area contributed by atoms with Crippen molar-refractivity contribution in [3.63, 3.8) is 0 Å². The molecule has 0 amide bonds. The van der Waals surface area contributed by atoms with E-state index in [1.54, 1.807) is 0 Å². The topological polar surface area (TPSA) is 129 Å². The van der Waals surface area contributed by atoms with Crippen molar-refractivity contribution in [2.75, 3.05) is 47.5 Å². The number of ether oxygens (including phenoxy) is 2. The lowest BCUT2D eigenvalue weighted by atomic mass is 10.1. The van der Waals surface area contributed by atoms with E-state index in [1.807, 2.05) is 34.1 Å². The maximum Gasteiger partial charge on any atom is 0.472 e. The number of hydrogen-bond donors (Lipinski definition) is 2. The molecule has 0 aliphatic heterocycles. The second kappa shape index (κ2) is 36.0. The molecule has 0 saturated carbocycles. The van der Waals surface area contributed by atoms with E-state index in [9.17, 15) is 24.2 Å². The Balaban J connectivity index is 4.51. The van der Waals surface area contributed by atoms with Crippen LogP contribution < -0.4 is 0 Å². The maximum absolute atomic E-state index is 12.6. The van der Waals surface area contributed by atoms with Crippen LogP contribution in [0.1, 0.15) is 149 Å². The van der Waals surface area contributed by atoms with Crippen LogP contribution in [0.15, 0.2) is 60.8 Å². The lowest BCUT2D eigenvalue weighted by Gasteiger charge is -2.24. The van der Waals surface area contributed by atoms with Gasteiger partial charge in [-0.3, -0.25) is 18.6 Å². The van der Waals surface area contributed by atoms with Crippen molar-refractivity contribution in [3.8, 4) is 0 Å². The zero-order valence-electron chi connectivity index (χ0n) is 35.3. The van der Waals surface area contributed by atoms with Gasteiger partial charge in [-0.2, -0.15) is 0 Å². The van der Waals surface area contributed by atoms with E-state index in [0.717, 1.165) is 70.6 Å². The summed E-state index contributed by atoms with van der Waals surface area (Å²) >= 11 is 0. The van der Waals surface area contributed by atoms with Crippen LogP contribution in [0.5, 0.6) is 0 Å². The minimum atomic E-state index is -4.40. The third-order valence-electron chi connectivity index (χ3n) is 8.54. The molecule has 2 N–H and O–H groups in total. The molecule has 0 radical (unpaired) electrons. The number of carbonyl (C=O) groups excluding carboxylic acids is 2. The molecular weight excluding hydrogens is 717 g/mol. The molecule has 0 aliphatic carbocycles. The van der Waals surface area contributed by atoms with E-state index < -0.39 is 32.5 Å². The molecule has 0 saturated heterocycles. The first-order valence-corrected chi connectivity index (χ1v) is 22.5. The number of allylic oxidation sites excluding steroid dienone is 10. The molecule has 0 rings (SSSR count). The number of rotatable bonds is 37. The molecule has 10 nitrogen and oxygen atoms in total. The Kier molecular flexibility index (Phi) is 34.5. The Labute approximate surface area is 335 Å². The molecule has 318 valence electrons. The van der Waals surface area contributed by atoms with Crippen molar-refractivity contribution < 1.29 is 47.2 Å². The van der Waals surface area contributed by atoms with E-state index >= 15 is 0 Å². The van der Waals surface area contributed by atoms with Crippen molar-refractivity contribution in [1.82, 2.24) is 0 Å². The molecular formula is C44H79NO9P+. The van der Waals surface area contributed by atoms with Crippen LogP contribution >= 0.6 is 7.82 Å². The highest BCUT2D eigenvalue weighted by Crippen LogP contribution is 2.43. The molecule has 11 heteroatoms. The largest absolute Gasteiger partial charge is 0.472 e. The highest BCUT2D eigenvalue weighted by atomic mass is 31.2. The van der Waals surface area contributed by atoms with Gasteiger partial charge >= 0.3 is 19.8 Å². The fourth-order valence-electron chi connectivity index (χ4n) is 5.19. The number of quaternary nitrogens is 1. The molecule has 1 unspecified atom stereocenters. The van der Waals surface area contributed by atoms with Crippen LogP contribution in [0.25, 0.3) is 0 Å². The van der Waals surface area contributed by atoms with Crippen LogP contribution in [-0.2, 0) is 32.7 Å². The molecule has 55 heavy (non-hydrogen) atoms. The molecule has 0 aromatic heterocycles. The minimum absolute atomic E-state index is 0.0120. The van der Waals surface area contributed by atoms with Crippen molar-refractivity contribution in [3.05, 3.63) is 60.8 Å². The number of hydrogen-bond acceptors (Lipinski definition) is 8. The fourth-order valence-corrected chi connectivity index (χ4v) is 5.94. The number of nitrogens with zero attached hydrogens (tertiary/aromatic N) is 1. The van der Waals surface area contributed by atoms with Crippen molar-refractivity contribution in [2.24, 2.45) is 0 Å². The number of phosphoric acid groups is 1. The van der Waals surface area contributed by atoms with Crippen LogP contribution in [0.3, 0.4) is 0 Å². The lowest BCUT2D eigenvalue weighted by Crippen LogP contribution is -2.37. The molecule has 0 aromatic carbocycles. The number of esters is 2. The summed E-state index contributed by atoms with van der Waals surface area (Å²) in [4.78, 5) is 35.3. The van der Waals surface area contributed by atoms with Gasteiger partial charge in [0.1, 0.15) is 19.8 Å². The average Bonchev–Trinajstić information content (AvgIpc) is 3.11. The van der Waals surface area contributed by atoms with Crippen LogP contribution in [-0.4, -0.2) is 86.1 Å². The Hall–Kier alpha value is -2.33. The maximum atomic E-state index is 12.6. The zero-order valence-corrected chi connectivity index (χ0v) is 36.1. The number of aliphatic hydroxyl groups excluding tert-OH is 1. The lowest BCUT2D eigenvalue weighted by molar-refractivity contribution is -0.870. The predicted molar refractivity (Wildman–Crippen MR) is 225 cm³/mol. The van der Waals surface area contributed by atoms with Gasteiger partial charge < -0.3 is 24.0 Å². The minimum Gasteiger partial charge on any atom is -0.462 e. The van der Waals surface area contributed by atoms with E-state index in [0.29, 0.717) is 30.3 Å². The second-order valence-electron chi connectivity index (χ2n) is 15.3. The van der Waals surface area contributed by atoms with E-state index in [4.69, 9.17) is 18.5 Å². The number of likely N-dealkylation sites (N-methyl/N-ethyl adjacent to an activating group) is 1. The van der Waals surface area contributed by atoms with Gasteiger partial charge in [-0.15, -0.1) is 0 Å². The molecule has 0 bridgehead atoms. The summed E-state index contributed by atoms with van der Waals surface area (Å²) in [6.45, 7) is 3.85. The SMILES string of the molecule is CCCCCC/C=C\CCCCCCCC(=O)OC[C@H](COP(=O)(O)OCC[N+](C)(C)C)OC(=O)CCC/C=C\C/C=C\C/C=C\C/C=C\CCC[C@H](C)O. The van der Waals surface area contributed by atoms with Gasteiger partial charge in [0.2, 0.25) is 0 Å². The Morgan fingerprint density at radius 3 is 1.71 bits per heavy atom. The molecule has 0 aromatic rings. The summed E-state index contributed by atoms with van der Waals surface area (Å²) in [5, 5.41) is 9.27. The van der Waals surface area contributed by atoms with Gasteiger partial charge in [-0.25, -0.2) is 4.57 Å². The van der Waals surface area contributed by atoms with Gasteiger partial charge in [-0.1, -0.05) is 106 Å². The van der Waals surface area contributed by atoms with Gasteiger partial charge in [0.05, 0.1) is 33.9 Å². The van der Waals surface area contributed by atoms with Crippen LogP contribution in [0.2, 0.25) is 0 Å². The van der Waals surface area contributed by atoms with Crippen molar-refractivity contribution >= 4 is 19.8 Å². The molecule has 0 fully saturated rings. The van der Waals surface area contributed by atoms with Gasteiger partial charge in [0.25, 0.3) is 0 Å². The Morgan fingerprint density at radius 1 is 0.636 bits per heavy atom. The van der Waals surface area contributed by atoms with E-state index in [-0.39, 0.29) is 32.2 Å². The number of unbranched alkanes of at least 4 members (excludes halogenated alkanes) is 11. The Morgan fingerprint density at radius 2 is 1.13 bits per heavy atom. The quantitative estimate of drug-likeness (QED) is 0.0207. The molecule has 0 aliphatic rings.